The summed E-state index contributed by atoms with van der Waals surface area (Å²) in [4.78, 5) is 25.3. The van der Waals surface area contributed by atoms with Crippen molar-refractivity contribution in [1.29, 1.82) is 0 Å². The molecule has 1 atom stereocenters. The number of aliphatic hydroxyl groups excluding tert-OH is 1. The van der Waals surface area contributed by atoms with Crippen LogP contribution < -0.4 is 10.5 Å². The Morgan fingerprint density at radius 2 is 1.71 bits per heavy atom. The minimum Gasteiger partial charge on any atom is -0.507 e. The van der Waals surface area contributed by atoms with Gasteiger partial charge in [-0.25, -0.2) is 0 Å². The molecule has 1 aliphatic rings. The highest BCUT2D eigenvalue weighted by Crippen LogP contribution is 2.41. The number of aromatic hydroxyl groups is 1. The maximum absolute atomic E-state index is 12.7. The maximum atomic E-state index is 12.7. The number of fused-ring (bicyclic) bond motifs is 2. The number of phenols is 1. The predicted octanol–water partition coefficient (Wildman–Crippen LogP) is 1.90. The Morgan fingerprint density at radius 3 is 2.29 bits per heavy atom. The van der Waals surface area contributed by atoms with E-state index in [1.807, 2.05) is 0 Å². The molecule has 1 unspecified atom stereocenters. The van der Waals surface area contributed by atoms with E-state index in [-0.39, 0.29) is 46.0 Å². The molecule has 2 aromatic carbocycles. The summed E-state index contributed by atoms with van der Waals surface area (Å²) >= 11 is 0. The van der Waals surface area contributed by atoms with E-state index in [9.17, 15) is 19.8 Å². The molecule has 0 saturated heterocycles. The molecule has 2 aromatic rings. The van der Waals surface area contributed by atoms with Crippen LogP contribution in [-0.2, 0) is 0 Å². The lowest BCUT2D eigenvalue weighted by molar-refractivity contribution is 0.0976. The van der Waals surface area contributed by atoms with Gasteiger partial charge in [0.15, 0.2) is 11.6 Å². The Balaban J connectivity index is 2.08. The van der Waals surface area contributed by atoms with Crippen molar-refractivity contribution in [3.05, 3.63) is 52.6 Å². The fraction of sp³-hybridized carbons (Fsp3) is 0.222. The van der Waals surface area contributed by atoms with Gasteiger partial charge >= 0.3 is 0 Å². The molecule has 0 heterocycles. The Kier molecular flexibility index (Phi) is 3.99. The minimum atomic E-state index is -0.549. The second-order valence-corrected chi connectivity index (χ2v) is 5.75. The molecule has 24 heavy (non-hydrogen) atoms. The van der Waals surface area contributed by atoms with Crippen LogP contribution in [0.4, 0.5) is 5.69 Å². The van der Waals surface area contributed by atoms with Gasteiger partial charge in [0.25, 0.3) is 0 Å². The van der Waals surface area contributed by atoms with Gasteiger partial charge in [0.1, 0.15) is 11.5 Å². The largest absolute Gasteiger partial charge is 0.507 e. The number of hydrogen-bond donors (Lipinski definition) is 3. The van der Waals surface area contributed by atoms with E-state index in [0.717, 1.165) is 0 Å². The van der Waals surface area contributed by atoms with Crippen molar-refractivity contribution < 1.29 is 24.5 Å². The zero-order chi connectivity index (χ0) is 17.4. The van der Waals surface area contributed by atoms with Crippen molar-refractivity contribution in [3.63, 3.8) is 0 Å². The molecule has 0 bridgehead atoms. The molecule has 0 amide bonds. The fourth-order valence-electron chi connectivity index (χ4n) is 2.73. The molecule has 4 N–H and O–H groups in total. The van der Waals surface area contributed by atoms with E-state index in [4.69, 9.17) is 10.5 Å². The first-order chi connectivity index (χ1) is 11.4. The number of carbonyl (C=O) groups is 2. The summed E-state index contributed by atoms with van der Waals surface area (Å²) in [7, 11) is 0. The molecule has 1 aliphatic carbocycles. The highest BCUT2D eigenvalue weighted by atomic mass is 16.5. The van der Waals surface area contributed by atoms with Gasteiger partial charge in [0, 0.05) is 23.6 Å². The number of rotatable bonds is 4. The first-order valence-electron chi connectivity index (χ1n) is 7.56. The number of ether oxygens (including phenoxy) is 1. The third-order valence-corrected chi connectivity index (χ3v) is 3.97. The van der Waals surface area contributed by atoms with Crippen molar-refractivity contribution in [2.75, 3.05) is 12.3 Å². The predicted molar refractivity (Wildman–Crippen MR) is 87.6 cm³/mol. The van der Waals surface area contributed by atoms with Crippen LogP contribution in [0.5, 0.6) is 11.5 Å². The van der Waals surface area contributed by atoms with Gasteiger partial charge < -0.3 is 20.7 Å². The van der Waals surface area contributed by atoms with Crippen LogP contribution in [0, 0.1) is 0 Å². The molecule has 0 spiro atoms. The average molecular weight is 327 g/mol. The summed E-state index contributed by atoms with van der Waals surface area (Å²) in [5, 5.41) is 19.5. The molecule has 0 saturated carbocycles. The van der Waals surface area contributed by atoms with Crippen molar-refractivity contribution in [2.24, 2.45) is 0 Å². The van der Waals surface area contributed by atoms with Gasteiger partial charge in [0.05, 0.1) is 29.5 Å². The van der Waals surface area contributed by atoms with Crippen molar-refractivity contribution in [1.82, 2.24) is 0 Å². The summed E-state index contributed by atoms with van der Waals surface area (Å²) in [5.41, 5.74) is 6.40. The Morgan fingerprint density at radius 1 is 1.12 bits per heavy atom. The smallest absolute Gasteiger partial charge is 0.198 e. The summed E-state index contributed by atoms with van der Waals surface area (Å²) in [5.74, 6) is -1.10. The highest BCUT2D eigenvalue weighted by molar-refractivity contribution is 6.31. The normalized spacial score (nSPS) is 14.1. The third-order valence-electron chi connectivity index (χ3n) is 3.97. The van der Waals surface area contributed by atoms with Gasteiger partial charge in [-0.05, 0) is 6.92 Å². The zero-order valence-corrected chi connectivity index (χ0v) is 13.1. The number of phenolic OH excluding ortho intramolecular Hbond substituents is 1. The van der Waals surface area contributed by atoms with Crippen LogP contribution in [0.25, 0.3) is 0 Å². The van der Waals surface area contributed by atoms with Gasteiger partial charge in [-0.15, -0.1) is 0 Å². The lowest BCUT2D eigenvalue weighted by Crippen LogP contribution is -2.23. The summed E-state index contributed by atoms with van der Waals surface area (Å²) in [6, 6.07) is 7.64. The third kappa shape index (κ3) is 2.51. The number of benzene rings is 2. The molecule has 6 heteroatoms. The molecule has 0 fully saturated rings. The van der Waals surface area contributed by atoms with Crippen molar-refractivity contribution in [3.8, 4) is 11.5 Å². The topological polar surface area (TPSA) is 110 Å². The molecule has 0 aromatic heterocycles. The Bertz CT molecular complexity index is 842. The monoisotopic (exact) mass is 327 g/mol. The molecule has 0 aliphatic heterocycles. The van der Waals surface area contributed by atoms with Crippen LogP contribution in [-0.4, -0.2) is 34.5 Å². The van der Waals surface area contributed by atoms with E-state index < -0.39 is 17.7 Å². The van der Waals surface area contributed by atoms with Crippen LogP contribution in [0.15, 0.2) is 30.3 Å². The van der Waals surface area contributed by atoms with Crippen LogP contribution in [0.2, 0.25) is 0 Å². The van der Waals surface area contributed by atoms with Gasteiger partial charge in [0.2, 0.25) is 0 Å². The Labute approximate surface area is 138 Å². The summed E-state index contributed by atoms with van der Waals surface area (Å²) in [6.07, 6.45) is -0.181. The second kappa shape index (κ2) is 5.98. The Hall–Kier alpha value is -2.86. The van der Waals surface area contributed by atoms with Crippen LogP contribution in [0.1, 0.15) is 45.2 Å². The number of hydrogen-bond acceptors (Lipinski definition) is 6. The van der Waals surface area contributed by atoms with E-state index in [1.165, 1.54) is 6.07 Å². The van der Waals surface area contributed by atoms with Gasteiger partial charge in [-0.2, -0.15) is 0 Å². The van der Waals surface area contributed by atoms with E-state index in [0.29, 0.717) is 6.42 Å². The highest BCUT2D eigenvalue weighted by Gasteiger charge is 2.35. The first kappa shape index (κ1) is 16.0. The molecular formula is C18H17NO5. The first-order valence-corrected chi connectivity index (χ1v) is 7.56. The summed E-state index contributed by atoms with van der Waals surface area (Å²) < 4.78 is 5.46. The number of carbonyl (C=O) groups excluding carboxylic acids is 2. The molecule has 0 radical (unpaired) electrons. The molecular weight excluding hydrogens is 310 g/mol. The lowest BCUT2D eigenvalue weighted by Gasteiger charge is -2.21. The lowest BCUT2D eigenvalue weighted by atomic mass is 9.82. The minimum absolute atomic E-state index is 0.0150. The number of aliphatic hydroxyl groups is 1. The number of nitrogens with two attached hydrogens (primary N) is 1. The van der Waals surface area contributed by atoms with E-state index in [1.54, 1.807) is 31.2 Å². The van der Waals surface area contributed by atoms with Crippen molar-refractivity contribution >= 4 is 17.3 Å². The standard InChI is InChI=1S/C18H17NO5/c1-9(20)6-7-24-13-8-12(21)14-15(16(13)19)18(23)11-5-3-2-4-10(11)17(14)22/h2-5,8-9,20-21H,6-7,19H2,1H3. The van der Waals surface area contributed by atoms with Crippen LogP contribution in [0.3, 0.4) is 0 Å². The fourth-order valence-corrected chi connectivity index (χ4v) is 2.73. The van der Waals surface area contributed by atoms with E-state index >= 15 is 0 Å². The number of ketones is 2. The molecule has 124 valence electrons. The quantitative estimate of drug-likeness (QED) is 0.499. The van der Waals surface area contributed by atoms with Crippen LogP contribution >= 0.6 is 0 Å². The second-order valence-electron chi connectivity index (χ2n) is 5.75. The van der Waals surface area contributed by atoms with Crippen molar-refractivity contribution in [2.45, 2.75) is 19.4 Å². The molecule has 6 nitrogen and oxygen atoms in total. The number of anilines is 1. The molecule has 3 rings (SSSR count). The number of nitrogen functional groups attached to an aromatic ring is 1. The van der Waals surface area contributed by atoms with Gasteiger partial charge in [-0.1, -0.05) is 24.3 Å². The SMILES string of the molecule is CC(O)CCOc1cc(O)c2c(c1N)C(=O)c1ccccc1C2=O. The van der Waals surface area contributed by atoms with Gasteiger partial charge in [-0.3, -0.25) is 9.59 Å². The average Bonchev–Trinajstić information content (AvgIpc) is 2.55. The zero-order valence-electron chi connectivity index (χ0n) is 13.1. The van der Waals surface area contributed by atoms with E-state index in [2.05, 4.69) is 0 Å². The maximum Gasteiger partial charge on any atom is 0.198 e. The summed E-state index contributed by atoms with van der Waals surface area (Å²) in [6.45, 7) is 1.79.